The molecule has 2 fully saturated rings. The van der Waals surface area contributed by atoms with Gasteiger partial charge in [-0.3, -0.25) is 9.89 Å². The second-order valence-corrected chi connectivity index (χ2v) is 8.36. The van der Waals surface area contributed by atoms with Gasteiger partial charge in [0.05, 0.1) is 7.11 Å². The monoisotopic (exact) mass is 549 g/mol. The van der Waals surface area contributed by atoms with Crippen LogP contribution < -0.4 is 10.1 Å². The Kier molecular flexibility index (Phi) is 10.2. The fourth-order valence-corrected chi connectivity index (χ4v) is 4.29. The van der Waals surface area contributed by atoms with Crippen molar-refractivity contribution in [1.82, 2.24) is 20.0 Å². The molecule has 0 amide bonds. The third-order valence-electron chi connectivity index (χ3n) is 6.45. The van der Waals surface area contributed by atoms with Crippen molar-refractivity contribution in [1.29, 1.82) is 0 Å². The average Bonchev–Trinajstić information content (AvgIpc) is 2.76. The minimum atomic E-state index is -0.304. The Hall–Kier alpha value is -1.17. The normalized spacial score (nSPS) is 19.8. The van der Waals surface area contributed by atoms with Crippen LogP contribution in [0.1, 0.15) is 18.4 Å². The molecule has 1 aromatic carbocycles. The van der Waals surface area contributed by atoms with Gasteiger partial charge in [-0.25, -0.2) is 4.39 Å². The Morgan fingerprint density at radius 1 is 1.23 bits per heavy atom. The zero-order valence-electron chi connectivity index (χ0n) is 19.2. The third-order valence-corrected chi connectivity index (χ3v) is 6.45. The Morgan fingerprint density at radius 3 is 2.45 bits per heavy atom. The van der Waals surface area contributed by atoms with Crippen LogP contribution in [0.5, 0.6) is 5.75 Å². The van der Waals surface area contributed by atoms with Crippen LogP contribution in [-0.2, 0) is 11.3 Å². The number of rotatable bonds is 6. The van der Waals surface area contributed by atoms with Gasteiger partial charge in [-0.05, 0) is 44.6 Å². The summed E-state index contributed by atoms with van der Waals surface area (Å²) < 4.78 is 24.5. The summed E-state index contributed by atoms with van der Waals surface area (Å²) in [4.78, 5) is 11.5. The molecule has 176 valence electrons. The molecule has 0 radical (unpaired) electrons. The van der Waals surface area contributed by atoms with Crippen LogP contribution in [0, 0.1) is 5.82 Å². The highest BCUT2D eigenvalue weighted by molar-refractivity contribution is 14.0. The first kappa shape index (κ1) is 26.1. The Balaban J connectivity index is 0.00000341. The van der Waals surface area contributed by atoms with Gasteiger partial charge in [0.25, 0.3) is 0 Å². The molecule has 3 rings (SSSR count). The number of likely N-dealkylation sites (N-methyl/N-ethyl adjacent to an activating group) is 1. The molecule has 31 heavy (non-hydrogen) atoms. The molecule has 0 saturated carbocycles. The van der Waals surface area contributed by atoms with Gasteiger partial charge < -0.3 is 24.6 Å². The number of hydrogen-bond donors (Lipinski definition) is 1. The van der Waals surface area contributed by atoms with E-state index in [1.807, 2.05) is 13.1 Å². The molecule has 0 atom stereocenters. The smallest absolute Gasteiger partial charge is 0.193 e. The number of halogens is 2. The number of aliphatic imine (C=N–C) groups is 1. The lowest BCUT2D eigenvalue weighted by atomic mass is 9.88. The van der Waals surface area contributed by atoms with Crippen LogP contribution in [0.3, 0.4) is 0 Å². The molecule has 0 spiro atoms. The van der Waals surface area contributed by atoms with E-state index in [0.717, 1.165) is 76.8 Å². The van der Waals surface area contributed by atoms with E-state index in [2.05, 4.69) is 39.1 Å². The van der Waals surface area contributed by atoms with Gasteiger partial charge >= 0.3 is 0 Å². The van der Waals surface area contributed by atoms with Gasteiger partial charge in [-0.2, -0.15) is 0 Å². The number of guanidine groups is 1. The second kappa shape index (κ2) is 12.2. The number of nitrogens with one attached hydrogen (secondary N) is 1. The first-order valence-corrected chi connectivity index (χ1v) is 10.7. The maximum Gasteiger partial charge on any atom is 0.193 e. The highest BCUT2D eigenvalue weighted by atomic mass is 127. The van der Waals surface area contributed by atoms with E-state index >= 15 is 0 Å². The maximum atomic E-state index is 14.0. The molecule has 0 aliphatic carbocycles. The molecule has 0 aromatic heterocycles. The first-order valence-electron chi connectivity index (χ1n) is 10.7. The highest BCUT2D eigenvalue weighted by Gasteiger charge is 2.35. The van der Waals surface area contributed by atoms with Gasteiger partial charge in [-0.1, -0.05) is 6.07 Å². The SMILES string of the molecule is CN=C(NCC1(N(C)C)CCOCC1)N1CCN(Cc2ccc(OC)c(F)c2)CC1.I. The van der Waals surface area contributed by atoms with E-state index < -0.39 is 0 Å². The summed E-state index contributed by atoms with van der Waals surface area (Å²) in [5.41, 5.74) is 1.07. The van der Waals surface area contributed by atoms with Crippen molar-refractivity contribution >= 4 is 29.9 Å². The zero-order chi connectivity index (χ0) is 21.6. The van der Waals surface area contributed by atoms with Crippen LogP contribution >= 0.6 is 24.0 Å². The standard InChI is InChI=1S/C22H36FN5O2.HI/c1-24-21(25-17-22(26(2)3)7-13-30-14-8-22)28-11-9-27(10-12-28)16-18-5-6-20(29-4)19(23)15-18;/h5-6,15H,7-14,16-17H2,1-4H3,(H,24,25);1H. The van der Waals surface area contributed by atoms with Gasteiger partial charge in [0.15, 0.2) is 17.5 Å². The molecule has 1 aromatic rings. The van der Waals surface area contributed by atoms with Gasteiger partial charge in [0.1, 0.15) is 0 Å². The summed E-state index contributed by atoms with van der Waals surface area (Å²) in [6.07, 6.45) is 2.05. The van der Waals surface area contributed by atoms with Crippen LogP contribution in [-0.4, -0.2) is 100 Å². The van der Waals surface area contributed by atoms with E-state index in [1.165, 1.54) is 7.11 Å². The fraction of sp³-hybridized carbons (Fsp3) is 0.682. The van der Waals surface area contributed by atoms with E-state index in [-0.39, 0.29) is 35.3 Å². The number of piperazine rings is 1. The summed E-state index contributed by atoms with van der Waals surface area (Å²) >= 11 is 0. The number of hydrogen-bond acceptors (Lipinski definition) is 5. The first-order chi connectivity index (χ1) is 14.5. The van der Waals surface area contributed by atoms with Crippen LogP contribution in [0.4, 0.5) is 4.39 Å². The molecule has 2 aliphatic rings. The molecule has 9 heteroatoms. The molecule has 1 N–H and O–H groups in total. The maximum absolute atomic E-state index is 14.0. The van der Waals surface area contributed by atoms with Crippen molar-refractivity contribution in [3.8, 4) is 5.75 Å². The number of nitrogens with zero attached hydrogens (tertiary/aromatic N) is 4. The Morgan fingerprint density at radius 2 is 1.90 bits per heavy atom. The predicted octanol–water partition coefficient (Wildman–Crippen LogP) is 2.26. The van der Waals surface area contributed by atoms with Crippen molar-refractivity contribution in [3.63, 3.8) is 0 Å². The summed E-state index contributed by atoms with van der Waals surface area (Å²) in [5, 5.41) is 3.61. The van der Waals surface area contributed by atoms with Crippen molar-refractivity contribution in [2.24, 2.45) is 4.99 Å². The Bertz CT molecular complexity index is 720. The van der Waals surface area contributed by atoms with Gasteiger partial charge in [0, 0.05) is 65.1 Å². The summed E-state index contributed by atoms with van der Waals surface area (Å²) in [6.45, 7) is 6.85. The predicted molar refractivity (Wildman–Crippen MR) is 133 cm³/mol. The second-order valence-electron chi connectivity index (χ2n) is 8.36. The molecule has 2 heterocycles. The molecular weight excluding hydrogens is 512 g/mol. The molecule has 2 saturated heterocycles. The highest BCUT2D eigenvalue weighted by Crippen LogP contribution is 2.25. The number of ether oxygens (including phenoxy) is 2. The zero-order valence-corrected chi connectivity index (χ0v) is 21.5. The molecular formula is C22H37FIN5O2. The molecule has 7 nitrogen and oxygen atoms in total. The number of benzene rings is 1. The fourth-order valence-electron chi connectivity index (χ4n) is 4.29. The van der Waals surface area contributed by atoms with Crippen LogP contribution in [0.25, 0.3) is 0 Å². The van der Waals surface area contributed by atoms with E-state index in [0.29, 0.717) is 5.75 Å². The van der Waals surface area contributed by atoms with Crippen molar-refractivity contribution in [3.05, 3.63) is 29.6 Å². The van der Waals surface area contributed by atoms with Gasteiger partial charge in [-0.15, -0.1) is 24.0 Å². The topological polar surface area (TPSA) is 52.6 Å². The minimum Gasteiger partial charge on any atom is -0.494 e. The summed E-state index contributed by atoms with van der Waals surface area (Å²) in [6, 6.07) is 5.20. The van der Waals surface area contributed by atoms with Gasteiger partial charge in [0.2, 0.25) is 0 Å². The lowest BCUT2D eigenvalue weighted by Gasteiger charge is -2.44. The average molecular weight is 549 g/mol. The summed E-state index contributed by atoms with van der Waals surface area (Å²) in [5.74, 6) is 0.942. The molecule has 2 aliphatic heterocycles. The molecule has 0 bridgehead atoms. The quantitative estimate of drug-likeness (QED) is 0.334. The Labute approximate surface area is 203 Å². The van der Waals surface area contributed by atoms with E-state index in [1.54, 1.807) is 12.1 Å². The lowest BCUT2D eigenvalue weighted by Crippen LogP contribution is -2.59. The van der Waals surface area contributed by atoms with E-state index in [4.69, 9.17) is 9.47 Å². The van der Waals surface area contributed by atoms with Crippen molar-refractivity contribution < 1.29 is 13.9 Å². The van der Waals surface area contributed by atoms with Crippen molar-refractivity contribution in [2.45, 2.75) is 24.9 Å². The van der Waals surface area contributed by atoms with Crippen molar-refractivity contribution in [2.75, 3.05) is 74.2 Å². The minimum absolute atomic E-state index is 0. The van der Waals surface area contributed by atoms with Crippen LogP contribution in [0.2, 0.25) is 0 Å². The largest absolute Gasteiger partial charge is 0.494 e. The summed E-state index contributed by atoms with van der Waals surface area (Å²) in [7, 11) is 7.63. The van der Waals surface area contributed by atoms with Crippen LogP contribution in [0.15, 0.2) is 23.2 Å². The third kappa shape index (κ3) is 6.66. The van der Waals surface area contributed by atoms with E-state index in [9.17, 15) is 4.39 Å². The lowest BCUT2D eigenvalue weighted by molar-refractivity contribution is -0.00535. The molecule has 0 unspecified atom stereocenters. The number of methoxy groups -OCH3 is 1.